The van der Waals surface area contributed by atoms with Crippen molar-refractivity contribution >= 4 is 0 Å². The summed E-state index contributed by atoms with van der Waals surface area (Å²) in [5, 5.41) is 0. The highest BCUT2D eigenvalue weighted by molar-refractivity contribution is 5.52. The fourth-order valence-corrected chi connectivity index (χ4v) is 1.99. The van der Waals surface area contributed by atoms with Crippen molar-refractivity contribution in [1.29, 1.82) is 0 Å². The van der Waals surface area contributed by atoms with Gasteiger partial charge in [0, 0.05) is 7.11 Å². The first kappa shape index (κ1) is 19.4. The minimum absolute atomic E-state index is 0.687. The Morgan fingerprint density at radius 1 is 0.952 bits per heavy atom. The lowest BCUT2D eigenvalue weighted by atomic mass is 9.93. The molecule has 0 aliphatic carbocycles. The van der Waals surface area contributed by atoms with E-state index in [1.54, 1.807) is 7.11 Å². The van der Waals surface area contributed by atoms with Crippen LogP contribution in [0.4, 0.5) is 0 Å². The second-order valence-electron chi connectivity index (χ2n) is 5.24. The van der Waals surface area contributed by atoms with E-state index in [4.69, 9.17) is 4.74 Å². The molecule has 0 spiro atoms. The Labute approximate surface area is 131 Å². The van der Waals surface area contributed by atoms with Crippen molar-refractivity contribution in [2.45, 2.75) is 40.0 Å². The van der Waals surface area contributed by atoms with Crippen LogP contribution in [0.3, 0.4) is 0 Å². The first-order valence-electron chi connectivity index (χ1n) is 7.49. The molecular weight excluding hydrogens is 256 g/mol. The maximum absolute atomic E-state index is 5.17. The third kappa shape index (κ3) is 7.10. The average Bonchev–Trinajstić information content (AvgIpc) is 2.46. The van der Waals surface area contributed by atoms with Gasteiger partial charge in [-0.1, -0.05) is 63.5 Å². The first-order chi connectivity index (χ1) is 9.87. The summed E-state index contributed by atoms with van der Waals surface area (Å²) in [6.07, 6.45) is 6.86. The van der Waals surface area contributed by atoms with Crippen molar-refractivity contribution in [3.63, 3.8) is 0 Å². The Hall–Kier alpha value is -1.60. The van der Waals surface area contributed by atoms with Gasteiger partial charge in [0.25, 0.3) is 0 Å². The molecule has 21 heavy (non-hydrogen) atoms. The number of hydrogen-bond donors (Lipinski definition) is 0. The van der Waals surface area contributed by atoms with Crippen LogP contribution in [0.2, 0.25) is 0 Å². The summed E-state index contributed by atoms with van der Waals surface area (Å²) < 4.78 is 5.17. The van der Waals surface area contributed by atoms with Crippen LogP contribution in [0.1, 0.15) is 40.0 Å². The summed E-state index contributed by atoms with van der Waals surface area (Å²) in [5.74, 6) is 0. The van der Waals surface area contributed by atoms with Gasteiger partial charge in [-0.15, -0.1) is 0 Å². The molecule has 1 heteroatoms. The predicted molar refractivity (Wildman–Crippen MR) is 95.5 cm³/mol. The Morgan fingerprint density at radius 2 is 1.57 bits per heavy atom. The molecule has 0 N–H and O–H groups in total. The molecule has 0 amide bonds. The second-order valence-corrected chi connectivity index (χ2v) is 5.24. The van der Waals surface area contributed by atoms with E-state index in [0.29, 0.717) is 6.61 Å². The van der Waals surface area contributed by atoms with Crippen LogP contribution in [0.5, 0.6) is 0 Å². The Morgan fingerprint density at radius 3 is 2.00 bits per heavy atom. The van der Waals surface area contributed by atoms with Crippen LogP contribution in [-0.2, 0) is 4.74 Å². The summed E-state index contributed by atoms with van der Waals surface area (Å²) in [4.78, 5) is 0. The molecule has 0 rings (SSSR count). The molecule has 0 unspecified atom stereocenters. The number of hydrogen-bond acceptors (Lipinski definition) is 1. The third-order valence-corrected chi connectivity index (χ3v) is 3.38. The van der Waals surface area contributed by atoms with E-state index >= 15 is 0 Å². The van der Waals surface area contributed by atoms with E-state index in [0.717, 1.165) is 41.6 Å². The largest absolute Gasteiger partial charge is 0.384 e. The normalized spacial score (nSPS) is 12.2. The van der Waals surface area contributed by atoms with Crippen molar-refractivity contribution in [2.24, 2.45) is 0 Å². The maximum Gasteiger partial charge on any atom is 0.0502 e. The van der Waals surface area contributed by atoms with Crippen LogP contribution in [-0.4, -0.2) is 13.7 Å². The Balaban J connectivity index is 5.26. The van der Waals surface area contributed by atoms with Gasteiger partial charge in [0.1, 0.15) is 0 Å². The Bertz CT molecular complexity index is 472. The molecule has 0 aromatic carbocycles. The summed E-state index contributed by atoms with van der Waals surface area (Å²) in [6, 6.07) is 0. The zero-order valence-corrected chi connectivity index (χ0v) is 14.2. The molecule has 0 heterocycles. The van der Waals surface area contributed by atoms with Crippen LogP contribution in [0.25, 0.3) is 0 Å². The quantitative estimate of drug-likeness (QED) is 0.451. The molecule has 0 radical (unpaired) electrons. The molecule has 0 atom stereocenters. The maximum atomic E-state index is 5.17. The number of allylic oxidation sites excluding steroid dienone is 7. The second kappa shape index (κ2) is 10.2. The number of methoxy groups -OCH3 is 1. The molecule has 0 aliphatic heterocycles. The van der Waals surface area contributed by atoms with Gasteiger partial charge in [-0.2, -0.15) is 0 Å². The zero-order valence-electron chi connectivity index (χ0n) is 14.2. The molecule has 116 valence electrons. The fourth-order valence-electron chi connectivity index (χ4n) is 1.99. The van der Waals surface area contributed by atoms with E-state index in [2.05, 4.69) is 52.3 Å². The first-order valence-corrected chi connectivity index (χ1v) is 7.49. The lowest BCUT2D eigenvalue weighted by molar-refractivity contribution is 0.202. The summed E-state index contributed by atoms with van der Waals surface area (Å²) >= 11 is 0. The lowest BCUT2D eigenvalue weighted by Gasteiger charge is -2.13. The summed E-state index contributed by atoms with van der Waals surface area (Å²) in [6.45, 7) is 23.3. The minimum atomic E-state index is 0.687. The molecule has 0 aromatic rings. The summed E-state index contributed by atoms with van der Waals surface area (Å²) in [7, 11) is 1.71. The molecule has 0 aromatic heterocycles. The van der Waals surface area contributed by atoms with Crippen molar-refractivity contribution in [3.8, 4) is 0 Å². The zero-order chi connectivity index (χ0) is 16.4. The van der Waals surface area contributed by atoms with E-state index in [1.165, 1.54) is 11.1 Å². The van der Waals surface area contributed by atoms with E-state index in [1.807, 2.05) is 6.92 Å². The average molecular weight is 286 g/mol. The van der Waals surface area contributed by atoms with E-state index in [-0.39, 0.29) is 0 Å². The number of rotatable bonds is 10. The molecule has 0 bridgehead atoms. The molecule has 0 saturated heterocycles. The highest BCUT2D eigenvalue weighted by Crippen LogP contribution is 2.25. The van der Waals surface area contributed by atoms with Gasteiger partial charge in [-0.3, -0.25) is 0 Å². The molecule has 0 fully saturated rings. The van der Waals surface area contributed by atoms with Crippen LogP contribution < -0.4 is 0 Å². The molecular formula is C20H30O. The smallest absolute Gasteiger partial charge is 0.0502 e. The van der Waals surface area contributed by atoms with Crippen molar-refractivity contribution in [2.75, 3.05) is 13.7 Å². The van der Waals surface area contributed by atoms with Crippen molar-refractivity contribution in [1.82, 2.24) is 0 Å². The molecule has 0 aliphatic rings. The van der Waals surface area contributed by atoms with Crippen molar-refractivity contribution in [3.05, 3.63) is 71.9 Å². The third-order valence-electron chi connectivity index (χ3n) is 3.38. The number of ether oxygens (including phenoxy) is 1. The van der Waals surface area contributed by atoms with Gasteiger partial charge in [0.15, 0.2) is 0 Å². The fraction of sp³-hybridized carbons (Fsp3) is 0.400. The van der Waals surface area contributed by atoms with Gasteiger partial charge in [0.2, 0.25) is 0 Å². The minimum Gasteiger partial charge on any atom is -0.384 e. The van der Waals surface area contributed by atoms with Crippen LogP contribution in [0, 0.1) is 0 Å². The SMILES string of the molecule is C=C(C)/C=C(/CC)C(=C)C(=C)/C=C(/CCOC)C(=C)CC. The van der Waals surface area contributed by atoms with Crippen LogP contribution >= 0.6 is 0 Å². The van der Waals surface area contributed by atoms with Crippen LogP contribution in [0.15, 0.2) is 71.9 Å². The highest BCUT2D eigenvalue weighted by Gasteiger charge is 2.07. The summed E-state index contributed by atoms with van der Waals surface area (Å²) in [5.41, 5.74) is 6.43. The van der Waals surface area contributed by atoms with E-state index < -0.39 is 0 Å². The van der Waals surface area contributed by atoms with E-state index in [9.17, 15) is 0 Å². The molecule has 0 saturated carbocycles. The molecule has 1 nitrogen and oxygen atoms in total. The van der Waals surface area contributed by atoms with Gasteiger partial charge >= 0.3 is 0 Å². The monoisotopic (exact) mass is 286 g/mol. The van der Waals surface area contributed by atoms with Gasteiger partial charge in [-0.05, 0) is 48.5 Å². The predicted octanol–water partition coefficient (Wildman–Crippen LogP) is 5.94. The standard InChI is InChI=1S/C20H30O/c1-9-16(5)20(11-12-21-8)14-17(6)18(7)19(10-2)13-15(3)4/h13-14H,3,5-7,9-12H2,1-2,4,8H3/b19-13-,20-14-. The van der Waals surface area contributed by atoms with Gasteiger partial charge in [-0.25, -0.2) is 0 Å². The topological polar surface area (TPSA) is 9.23 Å². The van der Waals surface area contributed by atoms with Gasteiger partial charge < -0.3 is 4.74 Å². The highest BCUT2D eigenvalue weighted by atomic mass is 16.5. The lowest BCUT2D eigenvalue weighted by Crippen LogP contribution is -1.97. The van der Waals surface area contributed by atoms with Crippen molar-refractivity contribution < 1.29 is 4.74 Å². The Kier molecular flexibility index (Phi) is 9.40. The van der Waals surface area contributed by atoms with Gasteiger partial charge in [0.05, 0.1) is 6.61 Å².